The molecule has 1 aromatic rings. The predicted molar refractivity (Wildman–Crippen MR) is 74.2 cm³/mol. The Balaban J connectivity index is 2.88. The van der Waals surface area contributed by atoms with Crippen molar-refractivity contribution in [3.63, 3.8) is 0 Å². The second kappa shape index (κ2) is 6.49. The Kier molecular flexibility index (Phi) is 5.20. The summed E-state index contributed by atoms with van der Waals surface area (Å²) in [4.78, 5) is 21.4. The number of amides is 1. The van der Waals surface area contributed by atoms with Crippen LogP contribution in [0.15, 0.2) is 18.2 Å². The molecular formula is C13H18FN3O4. The molecule has 1 amide bonds. The fourth-order valence-corrected chi connectivity index (χ4v) is 1.62. The van der Waals surface area contributed by atoms with Gasteiger partial charge >= 0.3 is 11.8 Å². The van der Waals surface area contributed by atoms with Gasteiger partial charge in [-0.1, -0.05) is 0 Å². The van der Waals surface area contributed by atoms with E-state index in [-0.39, 0.29) is 6.54 Å². The Labute approximate surface area is 121 Å². The van der Waals surface area contributed by atoms with E-state index in [0.29, 0.717) is 5.56 Å². The summed E-state index contributed by atoms with van der Waals surface area (Å²) in [6, 6.07) is 2.66. The smallest absolute Gasteiger partial charge is 0.408 e. The molecule has 0 aliphatic carbocycles. The number of alkyl carbamates (subject to hydrolysis) is 1. The number of halogens is 1. The number of nitro benzene ring substituents is 1. The van der Waals surface area contributed by atoms with Gasteiger partial charge in [0.2, 0.25) is 5.82 Å². The summed E-state index contributed by atoms with van der Waals surface area (Å²) in [7, 11) is 0. The van der Waals surface area contributed by atoms with Gasteiger partial charge in [-0.2, -0.15) is 4.39 Å². The molecule has 8 heteroatoms. The molecule has 0 bridgehead atoms. The molecule has 1 atom stereocenters. The van der Waals surface area contributed by atoms with Crippen LogP contribution < -0.4 is 11.1 Å². The van der Waals surface area contributed by atoms with Gasteiger partial charge in [-0.25, -0.2) is 4.79 Å². The molecule has 1 aromatic carbocycles. The predicted octanol–water partition coefficient (Wildman–Crippen LogP) is 2.26. The lowest BCUT2D eigenvalue weighted by Crippen LogP contribution is -2.37. The van der Waals surface area contributed by atoms with E-state index in [4.69, 9.17) is 10.5 Å². The van der Waals surface area contributed by atoms with Gasteiger partial charge < -0.3 is 15.8 Å². The number of nitrogens with one attached hydrogen (secondary N) is 1. The van der Waals surface area contributed by atoms with Gasteiger partial charge in [0.15, 0.2) is 0 Å². The van der Waals surface area contributed by atoms with Crippen LogP contribution in [0.5, 0.6) is 0 Å². The average molecular weight is 299 g/mol. The highest BCUT2D eigenvalue weighted by molar-refractivity contribution is 5.68. The largest absolute Gasteiger partial charge is 0.444 e. The summed E-state index contributed by atoms with van der Waals surface area (Å²) in [5.41, 5.74) is 4.55. The van der Waals surface area contributed by atoms with Crippen LogP contribution in [-0.4, -0.2) is 23.2 Å². The van der Waals surface area contributed by atoms with Crippen LogP contribution in [-0.2, 0) is 4.74 Å². The van der Waals surface area contributed by atoms with Crippen LogP contribution in [0.25, 0.3) is 0 Å². The molecule has 1 unspecified atom stereocenters. The fourth-order valence-electron chi connectivity index (χ4n) is 1.62. The highest BCUT2D eigenvalue weighted by atomic mass is 19.1. The number of nitro groups is 1. The SMILES string of the molecule is CC(C)(C)OC(=O)NC(CN)c1ccc([N+](=O)[O-])c(F)c1. The van der Waals surface area contributed by atoms with Crippen molar-refractivity contribution in [3.05, 3.63) is 39.7 Å². The van der Waals surface area contributed by atoms with Gasteiger partial charge in [-0.15, -0.1) is 0 Å². The first-order chi connectivity index (χ1) is 9.64. The maximum absolute atomic E-state index is 13.6. The number of rotatable bonds is 4. The Morgan fingerprint density at radius 1 is 1.52 bits per heavy atom. The first kappa shape index (κ1) is 16.8. The zero-order valence-electron chi connectivity index (χ0n) is 12.1. The van der Waals surface area contributed by atoms with Crippen LogP contribution in [0.4, 0.5) is 14.9 Å². The number of benzene rings is 1. The van der Waals surface area contributed by atoms with E-state index in [1.807, 2.05) is 0 Å². The van der Waals surface area contributed by atoms with Crippen LogP contribution in [0.1, 0.15) is 32.4 Å². The molecule has 3 N–H and O–H groups in total. The normalized spacial score (nSPS) is 12.6. The lowest BCUT2D eigenvalue weighted by molar-refractivity contribution is -0.387. The average Bonchev–Trinajstić information content (AvgIpc) is 2.33. The lowest BCUT2D eigenvalue weighted by Gasteiger charge is -2.23. The first-order valence-electron chi connectivity index (χ1n) is 6.27. The molecule has 0 radical (unpaired) electrons. The van der Waals surface area contributed by atoms with E-state index in [1.54, 1.807) is 20.8 Å². The van der Waals surface area contributed by atoms with Crippen molar-refractivity contribution in [2.24, 2.45) is 5.73 Å². The Morgan fingerprint density at radius 3 is 2.57 bits per heavy atom. The standard InChI is InChI=1S/C13H18FN3O4/c1-13(2,3)21-12(18)16-10(7-15)8-4-5-11(17(19)20)9(14)6-8/h4-6,10H,7,15H2,1-3H3,(H,16,18). The van der Waals surface area contributed by atoms with Gasteiger partial charge in [0.05, 0.1) is 11.0 Å². The minimum absolute atomic E-state index is 0.00348. The van der Waals surface area contributed by atoms with E-state index >= 15 is 0 Å². The number of hydrogen-bond acceptors (Lipinski definition) is 5. The molecule has 7 nitrogen and oxygen atoms in total. The highest BCUT2D eigenvalue weighted by Crippen LogP contribution is 2.22. The van der Waals surface area contributed by atoms with Gasteiger partial charge in [-0.3, -0.25) is 10.1 Å². The van der Waals surface area contributed by atoms with Gasteiger partial charge in [0.25, 0.3) is 0 Å². The fraction of sp³-hybridized carbons (Fsp3) is 0.462. The van der Waals surface area contributed by atoms with Crippen molar-refractivity contribution in [3.8, 4) is 0 Å². The van der Waals surface area contributed by atoms with Crippen molar-refractivity contribution < 1.29 is 18.8 Å². The summed E-state index contributed by atoms with van der Waals surface area (Å²) < 4.78 is 18.7. The van der Waals surface area contributed by atoms with E-state index in [1.165, 1.54) is 6.07 Å². The van der Waals surface area contributed by atoms with Crippen molar-refractivity contribution >= 4 is 11.8 Å². The molecule has 0 aliphatic heterocycles. The molecule has 0 aliphatic rings. The molecule has 0 aromatic heterocycles. The maximum Gasteiger partial charge on any atom is 0.408 e. The van der Waals surface area contributed by atoms with Gasteiger partial charge in [0.1, 0.15) is 5.60 Å². The van der Waals surface area contributed by atoms with Crippen LogP contribution in [0, 0.1) is 15.9 Å². The number of hydrogen-bond donors (Lipinski definition) is 2. The number of ether oxygens (including phenoxy) is 1. The third-order valence-corrected chi connectivity index (χ3v) is 2.50. The minimum Gasteiger partial charge on any atom is -0.444 e. The zero-order chi connectivity index (χ0) is 16.2. The van der Waals surface area contributed by atoms with Crippen molar-refractivity contribution in [2.75, 3.05) is 6.54 Å². The number of carbonyl (C=O) groups is 1. The lowest BCUT2D eigenvalue weighted by atomic mass is 10.1. The van der Waals surface area contributed by atoms with Crippen LogP contribution >= 0.6 is 0 Å². The molecule has 21 heavy (non-hydrogen) atoms. The first-order valence-corrected chi connectivity index (χ1v) is 6.27. The summed E-state index contributed by atoms with van der Waals surface area (Å²) in [6.45, 7) is 5.11. The third-order valence-electron chi connectivity index (χ3n) is 2.50. The third kappa shape index (κ3) is 4.99. The van der Waals surface area contributed by atoms with E-state index in [2.05, 4.69) is 5.32 Å². The summed E-state index contributed by atoms with van der Waals surface area (Å²) in [5, 5.41) is 13.1. The summed E-state index contributed by atoms with van der Waals surface area (Å²) in [6.07, 6.45) is -0.697. The second-order valence-corrected chi connectivity index (χ2v) is 5.40. The van der Waals surface area contributed by atoms with E-state index < -0.39 is 34.2 Å². The molecule has 0 saturated heterocycles. The van der Waals surface area contributed by atoms with Gasteiger partial charge in [-0.05, 0) is 38.5 Å². The number of nitrogens with two attached hydrogens (primary N) is 1. The summed E-state index contributed by atoms with van der Waals surface area (Å²) >= 11 is 0. The van der Waals surface area contributed by atoms with Gasteiger partial charge in [0, 0.05) is 12.6 Å². The van der Waals surface area contributed by atoms with Crippen molar-refractivity contribution in [1.29, 1.82) is 0 Å². The molecule has 0 spiro atoms. The number of nitrogens with zero attached hydrogens (tertiary/aromatic N) is 1. The molecule has 116 valence electrons. The molecule has 0 heterocycles. The minimum atomic E-state index is -0.984. The molecule has 0 saturated carbocycles. The Morgan fingerprint density at radius 2 is 2.14 bits per heavy atom. The van der Waals surface area contributed by atoms with E-state index in [9.17, 15) is 19.3 Å². The zero-order valence-corrected chi connectivity index (χ0v) is 12.1. The topological polar surface area (TPSA) is 107 Å². The van der Waals surface area contributed by atoms with E-state index in [0.717, 1.165) is 12.1 Å². The highest BCUT2D eigenvalue weighted by Gasteiger charge is 2.22. The Bertz CT molecular complexity index is 543. The Hall–Kier alpha value is -2.22. The molecular weight excluding hydrogens is 281 g/mol. The molecule has 1 rings (SSSR count). The quantitative estimate of drug-likeness (QED) is 0.655. The summed E-state index contributed by atoms with van der Waals surface area (Å²) in [5.74, 6) is -0.984. The monoisotopic (exact) mass is 299 g/mol. The van der Waals surface area contributed by atoms with Crippen LogP contribution in [0.2, 0.25) is 0 Å². The molecule has 0 fully saturated rings. The maximum atomic E-state index is 13.6. The van der Waals surface area contributed by atoms with Crippen molar-refractivity contribution in [1.82, 2.24) is 5.32 Å². The van der Waals surface area contributed by atoms with Crippen molar-refractivity contribution in [2.45, 2.75) is 32.4 Å². The van der Waals surface area contributed by atoms with Crippen LogP contribution in [0.3, 0.4) is 0 Å². The second-order valence-electron chi connectivity index (χ2n) is 5.40. The number of carbonyl (C=O) groups excluding carboxylic acids is 1.